The molecule has 0 fully saturated rings. The maximum Gasteiger partial charge on any atom is 0.272 e. The molecule has 0 aliphatic carbocycles. The molecule has 0 aromatic carbocycles. The molecule has 2 heterocycles. The summed E-state index contributed by atoms with van der Waals surface area (Å²) in [4.78, 5) is 27.9. The largest absolute Gasteiger partial charge is 0.383 e. The highest BCUT2D eigenvalue weighted by atomic mass is 16.5. The number of rotatable bonds is 6. The molecule has 1 amide bonds. The summed E-state index contributed by atoms with van der Waals surface area (Å²) in [6.07, 6.45) is 3.36. The second kappa shape index (κ2) is 7.46. The Bertz CT molecular complexity index is 685. The number of carbonyl (C=O) groups excluding carboxylic acids is 1. The van der Waals surface area contributed by atoms with Gasteiger partial charge in [0, 0.05) is 25.6 Å². The van der Waals surface area contributed by atoms with Crippen molar-refractivity contribution in [1.82, 2.24) is 20.1 Å². The van der Waals surface area contributed by atoms with Crippen LogP contribution < -0.4 is 10.9 Å². The summed E-state index contributed by atoms with van der Waals surface area (Å²) in [6.45, 7) is 2.51. The van der Waals surface area contributed by atoms with Crippen molar-refractivity contribution in [2.45, 2.75) is 19.5 Å². The van der Waals surface area contributed by atoms with E-state index < -0.39 is 0 Å². The summed E-state index contributed by atoms with van der Waals surface area (Å²) in [5.41, 5.74) is 0.809. The molecule has 1 N–H and O–H groups in total. The summed E-state index contributed by atoms with van der Waals surface area (Å²) in [5.74, 6) is -0.345. The molecule has 7 nitrogen and oxygen atoms in total. The summed E-state index contributed by atoms with van der Waals surface area (Å²) in [5, 5.41) is 6.88. The predicted molar refractivity (Wildman–Crippen MR) is 80.5 cm³/mol. The Labute approximate surface area is 128 Å². The van der Waals surface area contributed by atoms with Crippen molar-refractivity contribution in [2.24, 2.45) is 0 Å². The topological polar surface area (TPSA) is 86.1 Å². The summed E-state index contributed by atoms with van der Waals surface area (Å²) < 4.78 is 6.13. The molecule has 116 valence electrons. The van der Waals surface area contributed by atoms with Crippen LogP contribution in [0.15, 0.2) is 41.5 Å². The van der Waals surface area contributed by atoms with Gasteiger partial charge in [-0.2, -0.15) is 5.10 Å². The molecule has 22 heavy (non-hydrogen) atoms. The second-order valence-electron chi connectivity index (χ2n) is 4.75. The highest BCUT2D eigenvalue weighted by molar-refractivity contribution is 5.92. The number of carbonyl (C=O) groups is 1. The second-order valence-corrected chi connectivity index (χ2v) is 4.75. The third-order valence-electron chi connectivity index (χ3n) is 3.14. The third-order valence-corrected chi connectivity index (χ3v) is 3.14. The van der Waals surface area contributed by atoms with Crippen LogP contribution in [0, 0.1) is 0 Å². The highest BCUT2D eigenvalue weighted by Crippen LogP contribution is 2.10. The number of hydrogen-bond donors (Lipinski definition) is 1. The Morgan fingerprint density at radius 3 is 2.91 bits per heavy atom. The molecule has 2 aromatic rings. The van der Waals surface area contributed by atoms with Crippen molar-refractivity contribution >= 4 is 5.91 Å². The van der Waals surface area contributed by atoms with Crippen LogP contribution >= 0.6 is 0 Å². The van der Waals surface area contributed by atoms with Gasteiger partial charge in [-0.05, 0) is 24.6 Å². The van der Waals surface area contributed by atoms with Crippen LogP contribution in [0.3, 0.4) is 0 Å². The van der Waals surface area contributed by atoms with E-state index in [1.165, 1.54) is 23.9 Å². The molecule has 0 aliphatic rings. The molecule has 2 aromatic heterocycles. The summed E-state index contributed by atoms with van der Waals surface area (Å²) in [7, 11) is 1.54. The fraction of sp³-hybridized carbons (Fsp3) is 0.333. The van der Waals surface area contributed by atoms with Gasteiger partial charge in [-0.25, -0.2) is 4.68 Å². The monoisotopic (exact) mass is 302 g/mol. The zero-order chi connectivity index (χ0) is 15.9. The number of nitrogens with zero attached hydrogens (tertiary/aromatic N) is 3. The number of aromatic nitrogens is 3. The zero-order valence-electron chi connectivity index (χ0n) is 12.5. The van der Waals surface area contributed by atoms with Crippen molar-refractivity contribution in [3.05, 3.63) is 58.3 Å². The zero-order valence-corrected chi connectivity index (χ0v) is 12.5. The standard InChI is InChI=1S/C15H18N4O3/c1-11(12-4-3-7-16-10-12)17-15(21)13-5-6-14(20)19(18-13)8-9-22-2/h3-7,10-11H,8-9H2,1-2H3,(H,17,21)/t11-/m1/s1. The molecule has 7 heteroatoms. The average Bonchev–Trinajstić information content (AvgIpc) is 2.54. The van der Waals surface area contributed by atoms with Crippen molar-refractivity contribution in [1.29, 1.82) is 0 Å². The molecular weight excluding hydrogens is 284 g/mol. The lowest BCUT2D eigenvalue weighted by Gasteiger charge is -2.14. The minimum Gasteiger partial charge on any atom is -0.383 e. The normalized spacial score (nSPS) is 11.9. The highest BCUT2D eigenvalue weighted by Gasteiger charge is 2.14. The molecule has 0 unspecified atom stereocenters. The molecule has 0 saturated heterocycles. The Balaban J connectivity index is 2.11. The van der Waals surface area contributed by atoms with Crippen LogP contribution in [-0.2, 0) is 11.3 Å². The first-order valence-electron chi connectivity index (χ1n) is 6.89. The molecule has 0 aliphatic heterocycles. The molecular formula is C15H18N4O3. The number of ether oxygens (including phenoxy) is 1. The van der Waals surface area contributed by atoms with Crippen LogP contribution in [0.1, 0.15) is 29.0 Å². The first-order chi connectivity index (χ1) is 10.6. The quantitative estimate of drug-likeness (QED) is 0.852. The summed E-state index contributed by atoms with van der Waals surface area (Å²) in [6, 6.07) is 6.22. The van der Waals surface area contributed by atoms with Crippen LogP contribution in [0.5, 0.6) is 0 Å². The van der Waals surface area contributed by atoms with Gasteiger partial charge in [0.2, 0.25) is 0 Å². The van der Waals surface area contributed by atoms with Gasteiger partial charge in [-0.15, -0.1) is 0 Å². The maximum atomic E-state index is 12.2. The Morgan fingerprint density at radius 1 is 1.41 bits per heavy atom. The van der Waals surface area contributed by atoms with E-state index in [9.17, 15) is 9.59 Å². The minimum atomic E-state index is -0.345. The van der Waals surface area contributed by atoms with Gasteiger partial charge in [0.05, 0.1) is 19.2 Å². The van der Waals surface area contributed by atoms with Crippen LogP contribution in [0.4, 0.5) is 0 Å². The van der Waals surface area contributed by atoms with E-state index >= 15 is 0 Å². The number of methoxy groups -OCH3 is 1. The number of amides is 1. The van der Waals surface area contributed by atoms with Gasteiger partial charge >= 0.3 is 0 Å². The molecule has 2 rings (SSSR count). The first-order valence-corrected chi connectivity index (χ1v) is 6.89. The van der Waals surface area contributed by atoms with Gasteiger partial charge in [-0.1, -0.05) is 6.07 Å². The molecule has 0 spiro atoms. The third kappa shape index (κ3) is 3.98. The Hall–Kier alpha value is -2.54. The van der Waals surface area contributed by atoms with Crippen molar-refractivity contribution in [2.75, 3.05) is 13.7 Å². The van der Waals surface area contributed by atoms with E-state index in [-0.39, 0.29) is 23.2 Å². The minimum absolute atomic E-state index is 0.187. The van der Waals surface area contributed by atoms with E-state index in [1.54, 1.807) is 18.5 Å². The first kappa shape index (κ1) is 15.8. The van der Waals surface area contributed by atoms with Crippen LogP contribution in [0.25, 0.3) is 0 Å². The van der Waals surface area contributed by atoms with Crippen LogP contribution in [0.2, 0.25) is 0 Å². The molecule has 0 saturated carbocycles. The lowest BCUT2D eigenvalue weighted by molar-refractivity contribution is 0.0931. The molecule has 0 radical (unpaired) electrons. The van der Waals surface area contributed by atoms with Gasteiger partial charge < -0.3 is 10.1 Å². The Morgan fingerprint density at radius 2 is 2.23 bits per heavy atom. The van der Waals surface area contributed by atoms with Crippen molar-refractivity contribution in [3.8, 4) is 0 Å². The van der Waals surface area contributed by atoms with Crippen molar-refractivity contribution in [3.63, 3.8) is 0 Å². The van der Waals surface area contributed by atoms with E-state index in [2.05, 4.69) is 15.4 Å². The molecule has 0 bridgehead atoms. The number of pyridine rings is 1. The maximum absolute atomic E-state index is 12.2. The van der Waals surface area contributed by atoms with E-state index in [0.717, 1.165) is 5.56 Å². The van der Waals surface area contributed by atoms with Gasteiger partial charge in [0.15, 0.2) is 0 Å². The van der Waals surface area contributed by atoms with E-state index in [1.807, 2.05) is 13.0 Å². The fourth-order valence-electron chi connectivity index (χ4n) is 1.89. The number of nitrogens with one attached hydrogen (secondary N) is 1. The summed E-state index contributed by atoms with van der Waals surface area (Å²) >= 11 is 0. The lowest BCUT2D eigenvalue weighted by atomic mass is 10.1. The SMILES string of the molecule is COCCn1nc(C(=O)N[C@H](C)c2cccnc2)ccc1=O. The van der Waals surface area contributed by atoms with E-state index in [4.69, 9.17) is 4.74 Å². The predicted octanol–water partition coefficient (Wildman–Crippen LogP) is 0.776. The van der Waals surface area contributed by atoms with Crippen LogP contribution in [-0.4, -0.2) is 34.4 Å². The lowest BCUT2D eigenvalue weighted by Crippen LogP contribution is -2.31. The smallest absolute Gasteiger partial charge is 0.272 e. The fourth-order valence-corrected chi connectivity index (χ4v) is 1.89. The Kier molecular flexibility index (Phi) is 5.37. The molecule has 1 atom stereocenters. The van der Waals surface area contributed by atoms with Gasteiger partial charge in [0.1, 0.15) is 5.69 Å². The van der Waals surface area contributed by atoms with Crippen molar-refractivity contribution < 1.29 is 9.53 Å². The average molecular weight is 302 g/mol. The number of hydrogen-bond acceptors (Lipinski definition) is 5. The van der Waals surface area contributed by atoms with Gasteiger partial charge in [-0.3, -0.25) is 14.6 Å². The van der Waals surface area contributed by atoms with Gasteiger partial charge in [0.25, 0.3) is 11.5 Å². The van der Waals surface area contributed by atoms with E-state index in [0.29, 0.717) is 13.2 Å².